The third-order valence-corrected chi connectivity index (χ3v) is 3.76. The Morgan fingerprint density at radius 2 is 1.95 bits per heavy atom. The maximum atomic E-state index is 5.41. The Morgan fingerprint density at radius 1 is 1.15 bits per heavy atom. The van der Waals surface area contributed by atoms with E-state index in [-0.39, 0.29) is 0 Å². The van der Waals surface area contributed by atoms with Gasteiger partial charge in [-0.15, -0.1) is 0 Å². The average molecular weight is 269 g/mol. The molecule has 104 valence electrons. The van der Waals surface area contributed by atoms with Crippen molar-refractivity contribution in [2.75, 3.05) is 20.2 Å². The molecule has 1 aromatic heterocycles. The summed E-state index contributed by atoms with van der Waals surface area (Å²) in [6.45, 7) is 2.10. The molecule has 2 aromatic rings. The molecule has 1 fully saturated rings. The van der Waals surface area contributed by atoms with E-state index in [0.717, 1.165) is 48.8 Å². The molecule has 0 atom stereocenters. The van der Waals surface area contributed by atoms with Gasteiger partial charge in [0.25, 0.3) is 0 Å². The molecule has 20 heavy (non-hydrogen) atoms. The minimum Gasteiger partial charge on any atom is -0.496 e. The molecule has 1 N–H and O–H groups in total. The van der Waals surface area contributed by atoms with Gasteiger partial charge in [0.15, 0.2) is 0 Å². The Morgan fingerprint density at radius 3 is 2.75 bits per heavy atom. The van der Waals surface area contributed by atoms with Crippen LogP contribution in [0.25, 0.3) is 11.3 Å². The number of nitrogens with one attached hydrogen (secondary N) is 1. The summed E-state index contributed by atoms with van der Waals surface area (Å²) < 4.78 is 5.41. The lowest BCUT2D eigenvalue weighted by molar-refractivity contribution is 0.416. The fraction of sp³-hybridized carbons (Fsp3) is 0.375. The molecular formula is C16H19N3O. The van der Waals surface area contributed by atoms with Crippen LogP contribution < -0.4 is 10.1 Å². The van der Waals surface area contributed by atoms with Gasteiger partial charge < -0.3 is 10.1 Å². The molecule has 4 heteroatoms. The summed E-state index contributed by atoms with van der Waals surface area (Å²) in [6.07, 6.45) is 4.07. The van der Waals surface area contributed by atoms with Gasteiger partial charge in [-0.25, -0.2) is 9.97 Å². The number of rotatable bonds is 3. The number of para-hydroxylation sites is 1. The molecule has 0 radical (unpaired) electrons. The van der Waals surface area contributed by atoms with Gasteiger partial charge >= 0.3 is 0 Å². The molecule has 0 saturated carbocycles. The Labute approximate surface area is 119 Å². The van der Waals surface area contributed by atoms with Crippen LogP contribution in [-0.4, -0.2) is 30.2 Å². The fourth-order valence-corrected chi connectivity index (χ4v) is 2.66. The smallest absolute Gasteiger partial charge is 0.132 e. The zero-order valence-electron chi connectivity index (χ0n) is 11.7. The summed E-state index contributed by atoms with van der Waals surface area (Å²) in [5.74, 6) is 2.27. The molecule has 0 aliphatic carbocycles. The topological polar surface area (TPSA) is 47.0 Å². The monoisotopic (exact) mass is 269 g/mol. The second-order valence-corrected chi connectivity index (χ2v) is 5.02. The van der Waals surface area contributed by atoms with Crippen molar-refractivity contribution >= 4 is 0 Å². The first-order valence-corrected chi connectivity index (χ1v) is 7.05. The van der Waals surface area contributed by atoms with Crippen LogP contribution in [-0.2, 0) is 0 Å². The second kappa shape index (κ2) is 6.01. The van der Waals surface area contributed by atoms with Gasteiger partial charge in [0, 0.05) is 17.7 Å². The van der Waals surface area contributed by atoms with Gasteiger partial charge in [-0.1, -0.05) is 12.1 Å². The highest BCUT2D eigenvalue weighted by molar-refractivity contribution is 5.66. The molecular weight excluding hydrogens is 250 g/mol. The van der Waals surface area contributed by atoms with Crippen LogP contribution in [0, 0.1) is 0 Å². The van der Waals surface area contributed by atoms with E-state index in [1.54, 1.807) is 7.11 Å². The normalized spacial score (nSPS) is 16.1. The van der Waals surface area contributed by atoms with E-state index in [1.165, 1.54) is 0 Å². The maximum Gasteiger partial charge on any atom is 0.132 e. The van der Waals surface area contributed by atoms with Crippen LogP contribution in [0.2, 0.25) is 0 Å². The summed E-state index contributed by atoms with van der Waals surface area (Å²) in [5.41, 5.74) is 1.96. The highest BCUT2D eigenvalue weighted by Gasteiger charge is 2.18. The zero-order chi connectivity index (χ0) is 13.8. The van der Waals surface area contributed by atoms with Crippen LogP contribution in [0.1, 0.15) is 24.6 Å². The fourth-order valence-electron chi connectivity index (χ4n) is 2.66. The molecule has 1 aliphatic rings. The largest absolute Gasteiger partial charge is 0.496 e. The number of nitrogens with zero attached hydrogens (tertiary/aromatic N) is 2. The van der Waals surface area contributed by atoms with Crippen LogP contribution in [0.5, 0.6) is 5.75 Å². The Hall–Kier alpha value is -1.94. The third kappa shape index (κ3) is 2.65. The van der Waals surface area contributed by atoms with E-state index in [1.807, 2.05) is 36.5 Å². The first-order chi connectivity index (χ1) is 9.88. The molecule has 0 amide bonds. The average Bonchev–Trinajstić information content (AvgIpc) is 2.56. The second-order valence-electron chi connectivity index (χ2n) is 5.02. The van der Waals surface area contributed by atoms with E-state index in [2.05, 4.69) is 10.3 Å². The number of methoxy groups -OCH3 is 1. The molecule has 2 heterocycles. The quantitative estimate of drug-likeness (QED) is 0.930. The molecule has 1 aliphatic heterocycles. The van der Waals surface area contributed by atoms with Crippen molar-refractivity contribution in [1.29, 1.82) is 0 Å². The molecule has 3 rings (SSSR count). The summed E-state index contributed by atoms with van der Waals surface area (Å²) in [6, 6.07) is 9.92. The van der Waals surface area contributed by atoms with Gasteiger partial charge in [0.05, 0.1) is 12.8 Å². The van der Waals surface area contributed by atoms with E-state index in [9.17, 15) is 0 Å². The Bertz CT molecular complexity index is 579. The summed E-state index contributed by atoms with van der Waals surface area (Å²) >= 11 is 0. The van der Waals surface area contributed by atoms with Gasteiger partial charge in [0.2, 0.25) is 0 Å². The predicted octanol–water partition coefficient (Wildman–Crippen LogP) is 2.62. The summed E-state index contributed by atoms with van der Waals surface area (Å²) in [4.78, 5) is 9.22. The Kier molecular flexibility index (Phi) is 3.92. The molecule has 1 aromatic carbocycles. The van der Waals surface area contributed by atoms with Crippen molar-refractivity contribution in [3.8, 4) is 17.0 Å². The van der Waals surface area contributed by atoms with Crippen molar-refractivity contribution in [1.82, 2.24) is 15.3 Å². The molecule has 0 bridgehead atoms. The molecule has 0 spiro atoms. The number of ether oxygens (including phenoxy) is 1. The van der Waals surface area contributed by atoms with Crippen LogP contribution >= 0.6 is 0 Å². The van der Waals surface area contributed by atoms with Gasteiger partial charge in [0.1, 0.15) is 11.6 Å². The Balaban J connectivity index is 1.94. The van der Waals surface area contributed by atoms with Crippen molar-refractivity contribution < 1.29 is 4.74 Å². The van der Waals surface area contributed by atoms with Gasteiger partial charge in [-0.3, -0.25) is 0 Å². The zero-order valence-corrected chi connectivity index (χ0v) is 11.7. The number of hydrogen-bond donors (Lipinski definition) is 1. The molecule has 1 saturated heterocycles. The summed E-state index contributed by atoms with van der Waals surface area (Å²) in [7, 11) is 1.69. The first-order valence-electron chi connectivity index (χ1n) is 7.05. The van der Waals surface area contributed by atoms with Crippen molar-refractivity contribution in [2.24, 2.45) is 0 Å². The summed E-state index contributed by atoms with van der Waals surface area (Å²) in [5, 5.41) is 3.37. The van der Waals surface area contributed by atoms with Gasteiger partial charge in [-0.2, -0.15) is 0 Å². The standard InChI is InChI=1S/C16H19N3O/c1-20-15-5-3-2-4-13(15)14-8-11-18-16(19-14)12-6-9-17-10-7-12/h2-5,8,11-12,17H,6-7,9-10H2,1H3. The van der Waals surface area contributed by atoms with Crippen LogP contribution in [0.3, 0.4) is 0 Å². The maximum absolute atomic E-state index is 5.41. The number of piperidine rings is 1. The van der Waals surface area contributed by atoms with E-state index >= 15 is 0 Å². The molecule has 0 unspecified atom stereocenters. The third-order valence-electron chi connectivity index (χ3n) is 3.76. The SMILES string of the molecule is COc1ccccc1-c1ccnc(C2CCNCC2)n1. The van der Waals surface area contributed by atoms with E-state index in [0.29, 0.717) is 5.92 Å². The van der Waals surface area contributed by atoms with Crippen molar-refractivity contribution in [2.45, 2.75) is 18.8 Å². The predicted molar refractivity (Wildman–Crippen MR) is 78.9 cm³/mol. The number of aromatic nitrogens is 2. The van der Waals surface area contributed by atoms with E-state index in [4.69, 9.17) is 9.72 Å². The lowest BCUT2D eigenvalue weighted by atomic mass is 9.97. The van der Waals surface area contributed by atoms with E-state index < -0.39 is 0 Å². The minimum absolute atomic E-state index is 0.464. The van der Waals surface area contributed by atoms with Crippen LogP contribution in [0.4, 0.5) is 0 Å². The van der Waals surface area contributed by atoms with Crippen LogP contribution in [0.15, 0.2) is 36.5 Å². The lowest BCUT2D eigenvalue weighted by Gasteiger charge is -2.21. The minimum atomic E-state index is 0.464. The highest BCUT2D eigenvalue weighted by atomic mass is 16.5. The van der Waals surface area contributed by atoms with Gasteiger partial charge in [-0.05, 0) is 44.1 Å². The number of benzene rings is 1. The van der Waals surface area contributed by atoms with Crippen molar-refractivity contribution in [3.05, 3.63) is 42.4 Å². The number of hydrogen-bond acceptors (Lipinski definition) is 4. The van der Waals surface area contributed by atoms with Crippen molar-refractivity contribution in [3.63, 3.8) is 0 Å². The highest BCUT2D eigenvalue weighted by Crippen LogP contribution is 2.29. The lowest BCUT2D eigenvalue weighted by Crippen LogP contribution is -2.27. The molecule has 4 nitrogen and oxygen atoms in total. The first kappa shape index (κ1) is 13.1.